The molecule has 0 atom stereocenters. The number of anilines is 2. The topological polar surface area (TPSA) is 132 Å². The molecule has 0 spiro atoms. The molecule has 112 valence electrons. The largest absolute Gasteiger partial charge is 0.353 e. The Labute approximate surface area is 124 Å². The van der Waals surface area contributed by atoms with E-state index in [1.54, 1.807) is 6.20 Å². The molecule has 0 aliphatic carbocycles. The summed E-state index contributed by atoms with van der Waals surface area (Å²) in [6, 6.07) is 0. The van der Waals surface area contributed by atoms with E-state index in [1.165, 1.54) is 18.3 Å². The zero-order valence-electron chi connectivity index (χ0n) is 11.7. The number of aromatic nitrogens is 3. The lowest BCUT2D eigenvalue weighted by atomic mass is 10.1. The van der Waals surface area contributed by atoms with Gasteiger partial charge in [0.2, 0.25) is 11.8 Å². The zero-order valence-corrected chi connectivity index (χ0v) is 12.6. The van der Waals surface area contributed by atoms with Gasteiger partial charge in [-0.25, -0.2) is 15.8 Å². The predicted molar refractivity (Wildman–Crippen MR) is 80.0 cm³/mol. The SMILES string of the molecule is Cc1nc(NN)nc(NC(C)(C)c2nccs2)c1[N+](=O)[O-]. The summed E-state index contributed by atoms with van der Waals surface area (Å²) in [6.45, 7) is 5.26. The fraction of sp³-hybridized carbons (Fsp3) is 0.364. The average molecular weight is 309 g/mol. The number of nitrogens with zero attached hydrogens (tertiary/aromatic N) is 4. The summed E-state index contributed by atoms with van der Waals surface area (Å²) in [5, 5.41) is 16.9. The summed E-state index contributed by atoms with van der Waals surface area (Å²) in [5.41, 5.74) is 1.72. The fourth-order valence-corrected chi connectivity index (χ4v) is 2.54. The number of nitrogens with two attached hydrogens (primary N) is 1. The lowest BCUT2D eigenvalue weighted by Gasteiger charge is -2.24. The minimum atomic E-state index is -0.619. The Bertz CT molecular complexity index is 657. The Kier molecular flexibility index (Phi) is 4.00. The molecule has 0 aliphatic heterocycles. The second-order valence-corrected chi connectivity index (χ2v) is 5.71. The van der Waals surface area contributed by atoms with Crippen LogP contribution in [0.1, 0.15) is 24.5 Å². The van der Waals surface area contributed by atoms with Gasteiger partial charge in [-0.05, 0) is 20.8 Å². The lowest BCUT2D eigenvalue weighted by molar-refractivity contribution is -0.385. The molecule has 2 rings (SSSR count). The third-order valence-electron chi connectivity index (χ3n) is 2.77. The quantitative estimate of drug-likeness (QED) is 0.432. The van der Waals surface area contributed by atoms with Crippen molar-refractivity contribution in [1.82, 2.24) is 15.0 Å². The van der Waals surface area contributed by atoms with E-state index >= 15 is 0 Å². The van der Waals surface area contributed by atoms with E-state index in [9.17, 15) is 10.1 Å². The first-order chi connectivity index (χ1) is 9.85. The van der Waals surface area contributed by atoms with Crippen LogP contribution in [-0.4, -0.2) is 19.9 Å². The van der Waals surface area contributed by atoms with Crippen LogP contribution in [0.5, 0.6) is 0 Å². The van der Waals surface area contributed by atoms with E-state index in [1.807, 2.05) is 19.2 Å². The molecule has 2 aromatic rings. The number of thiazole rings is 1. The van der Waals surface area contributed by atoms with Crippen molar-refractivity contribution in [2.45, 2.75) is 26.3 Å². The normalized spacial score (nSPS) is 11.2. The summed E-state index contributed by atoms with van der Waals surface area (Å²) in [5.74, 6) is 5.49. The van der Waals surface area contributed by atoms with Crippen molar-refractivity contribution < 1.29 is 4.92 Å². The van der Waals surface area contributed by atoms with E-state index in [0.717, 1.165) is 5.01 Å². The first-order valence-corrected chi connectivity index (χ1v) is 6.91. The van der Waals surface area contributed by atoms with Crippen molar-refractivity contribution in [2.75, 3.05) is 10.7 Å². The Balaban J connectivity index is 2.47. The van der Waals surface area contributed by atoms with Gasteiger partial charge in [0.25, 0.3) is 0 Å². The van der Waals surface area contributed by atoms with Crippen LogP contribution in [0, 0.1) is 17.0 Å². The Morgan fingerprint density at radius 2 is 2.14 bits per heavy atom. The van der Waals surface area contributed by atoms with Gasteiger partial charge >= 0.3 is 5.69 Å². The van der Waals surface area contributed by atoms with Gasteiger partial charge in [-0.1, -0.05) is 0 Å². The van der Waals surface area contributed by atoms with Gasteiger partial charge in [-0.2, -0.15) is 4.98 Å². The van der Waals surface area contributed by atoms with E-state index < -0.39 is 10.5 Å². The van der Waals surface area contributed by atoms with E-state index in [4.69, 9.17) is 5.84 Å². The van der Waals surface area contributed by atoms with Crippen LogP contribution in [0.25, 0.3) is 0 Å². The van der Waals surface area contributed by atoms with Crippen LogP contribution < -0.4 is 16.6 Å². The molecule has 2 aromatic heterocycles. The average Bonchev–Trinajstić information content (AvgIpc) is 2.91. The summed E-state index contributed by atoms with van der Waals surface area (Å²) >= 11 is 1.45. The Hall–Kier alpha value is -2.33. The second-order valence-electron chi connectivity index (χ2n) is 4.82. The minimum Gasteiger partial charge on any atom is -0.353 e. The highest BCUT2D eigenvalue weighted by atomic mass is 32.1. The van der Waals surface area contributed by atoms with Crippen LogP contribution in [0.2, 0.25) is 0 Å². The molecule has 0 amide bonds. The predicted octanol–water partition coefficient (Wildman–Crippen LogP) is 1.78. The first-order valence-electron chi connectivity index (χ1n) is 6.03. The van der Waals surface area contributed by atoms with Gasteiger partial charge < -0.3 is 5.32 Å². The molecule has 0 unspecified atom stereocenters. The number of rotatable bonds is 5. The molecule has 0 saturated carbocycles. The van der Waals surface area contributed by atoms with Gasteiger partial charge in [0, 0.05) is 11.6 Å². The van der Waals surface area contributed by atoms with Crippen molar-refractivity contribution in [2.24, 2.45) is 5.84 Å². The van der Waals surface area contributed by atoms with Crippen molar-refractivity contribution in [3.8, 4) is 0 Å². The van der Waals surface area contributed by atoms with E-state index in [2.05, 4.69) is 25.7 Å². The molecule has 0 aromatic carbocycles. The molecule has 0 radical (unpaired) electrons. The van der Waals surface area contributed by atoms with Gasteiger partial charge in [-0.3, -0.25) is 15.5 Å². The number of nitrogen functional groups attached to an aromatic ring is 1. The summed E-state index contributed by atoms with van der Waals surface area (Å²) in [6.07, 6.45) is 1.68. The fourth-order valence-electron chi connectivity index (χ4n) is 1.82. The van der Waals surface area contributed by atoms with Crippen LogP contribution in [0.15, 0.2) is 11.6 Å². The number of hydrogen-bond acceptors (Lipinski definition) is 9. The molecule has 0 bridgehead atoms. The zero-order chi connectivity index (χ0) is 15.6. The van der Waals surface area contributed by atoms with Gasteiger partial charge in [-0.15, -0.1) is 11.3 Å². The van der Waals surface area contributed by atoms with E-state index in [0.29, 0.717) is 0 Å². The van der Waals surface area contributed by atoms with Crippen LogP contribution in [-0.2, 0) is 5.54 Å². The highest BCUT2D eigenvalue weighted by Crippen LogP contribution is 2.32. The van der Waals surface area contributed by atoms with Crippen LogP contribution in [0.3, 0.4) is 0 Å². The lowest BCUT2D eigenvalue weighted by Crippen LogP contribution is -2.29. The summed E-state index contributed by atoms with van der Waals surface area (Å²) in [4.78, 5) is 22.9. The number of nitro groups is 1. The first kappa shape index (κ1) is 15.1. The molecule has 9 nitrogen and oxygen atoms in total. The molecule has 0 saturated heterocycles. The molecule has 0 aliphatic rings. The second kappa shape index (κ2) is 5.58. The number of nitrogens with one attached hydrogen (secondary N) is 2. The van der Waals surface area contributed by atoms with Crippen molar-refractivity contribution in [1.29, 1.82) is 0 Å². The highest BCUT2D eigenvalue weighted by molar-refractivity contribution is 7.09. The van der Waals surface area contributed by atoms with Crippen molar-refractivity contribution >= 4 is 28.8 Å². The maximum atomic E-state index is 11.2. The molecule has 2 heterocycles. The minimum absolute atomic E-state index is 0.0978. The Morgan fingerprint density at radius 1 is 1.43 bits per heavy atom. The third-order valence-corrected chi connectivity index (χ3v) is 3.86. The smallest absolute Gasteiger partial charge is 0.332 e. The molecular weight excluding hydrogens is 294 g/mol. The van der Waals surface area contributed by atoms with Crippen LogP contribution >= 0.6 is 11.3 Å². The monoisotopic (exact) mass is 309 g/mol. The number of hydrazine groups is 1. The highest BCUT2D eigenvalue weighted by Gasteiger charge is 2.30. The maximum Gasteiger partial charge on any atom is 0.332 e. The maximum absolute atomic E-state index is 11.2. The van der Waals surface area contributed by atoms with Crippen LogP contribution in [0.4, 0.5) is 17.5 Å². The molecule has 4 N–H and O–H groups in total. The van der Waals surface area contributed by atoms with Crippen molar-refractivity contribution in [3.05, 3.63) is 32.4 Å². The third kappa shape index (κ3) is 3.06. The number of hydrogen-bond donors (Lipinski definition) is 3. The molecule has 21 heavy (non-hydrogen) atoms. The summed E-state index contributed by atoms with van der Waals surface area (Å²) in [7, 11) is 0. The standard InChI is InChI=1S/C11H15N7O2S/c1-6-7(18(19)20)8(15-10(14-6)17-12)16-11(2,3)9-13-4-5-21-9/h4-5H,12H2,1-3H3,(H2,14,15,16,17). The van der Waals surface area contributed by atoms with E-state index in [-0.39, 0.29) is 23.1 Å². The van der Waals surface area contributed by atoms with Gasteiger partial charge in [0.1, 0.15) is 10.7 Å². The Morgan fingerprint density at radius 3 is 2.67 bits per heavy atom. The number of aryl methyl sites for hydroxylation is 1. The van der Waals surface area contributed by atoms with Gasteiger partial charge in [0.15, 0.2) is 0 Å². The molecule has 0 fully saturated rings. The molecule has 10 heteroatoms. The summed E-state index contributed by atoms with van der Waals surface area (Å²) < 4.78 is 0. The van der Waals surface area contributed by atoms with Gasteiger partial charge in [0.05, 0.1) is 10.5 Å². The molecular formula is C11H15N7O2S. The van der Waals surface area contributed by atoms with Crippen molar-refractivity contribution in [3.63, 3.8) is 0 Å².